The van der Waals surface area contributed by atoms with Crippen LogP contribution < -0.4 is 10.6 Å². The van der Waals surface area contributed by atoms with E-state index >= 15 is 0 Å². The molecule has 0 bridgehead atoms. The van der Waals surface area contributed by atoms with Gasteiger partial charge < -0.3 is 20.1 Å². The van der Waals surface area contributed by atoms with Crippen molar-refractivity contribution in [2.75, 3.05) is 40.0 Å². The zero-order chi connectivity index (χ0) is 17.8. The van der Waals surface area contributed by atoms with Crippen molar-refractivity contribution in [2.24, 2.45) is 16.3 Å². The molecule has 0 spiro atoms. The van der Waals surface area contributed by atoms with E-state index in [-0.39, 0.29) is 24.0 Å². The van der Waals surface area contributed by atoms with E-state index in [1.54, 1.807) is 0 Å². The Balaban J connectivity index is 0.00000576. The normalized spacial score (nSPS) is 17.7. The third-order valence-electron chi connectivity index (χ3n) is 4.39. The van der Waals surface area contributed by atoms with Crippen molar-refractivity contribution in [2.45, 2.75) is 65.8 Å². The van der Waals surface area contributed by atoms with Gasteiger partial charge in [0.05, 0.1) is 0 Å². The van der Waals surface area contributed by atoms with E-state index in [1.165, 1.54) is 6.42 Å². The maximum Gasteiger partial charge on any atom is 0.191 e. The van der Waals surface area contributed by atoms with Crippen molar-refractivity contribution in [3.05, 3.63) is 0 Å². The predicted octanol–water partition coefficient (Wildman–Crippen LogP) is 3.82. The minimum Gasteiger partial charge on any atom is -0.381 e. The lowest BCUT2D eigenvalue weighted by atomic mass is 9.89. The molecule has 0 aromatic rings. The monoisotopic (exact) mass is 469 g/mol. The fourth-order valence-electron chi connectivity index (χ4n) is 2.69. The zero-order valence-corrected chi connectivity index (χ0v) is 19.2. The SMILES string of the molecule is CN=C(NCCCOCC1CCOCC1)NC(C)CCC(C)(C)C.I. The van der Waals surface area contributed by atoms with Gasteiger partial charge in [0.1, 0.15) is 0 Å². The molecule has 0 amide bonds. The molecular weight excluding hydrogens is 429 g/mol. The number of nitrogens with zero attached hydrogens (tertiary/aromatic N) is 1. The summed E-state index contributed by atoms with van der Waals surface area (Å²) in [5.41, 5.74) is 0.384. The van der Waals surface area contributed by atoms with E-state index in [2.05, 4.69) is 43.3 Å². The first-order chi connectivity index (χ1) is 11.4. The predicted molar refractivity (Wildman–Crippen MR) is 117 cm³/mol. The van der Waals surface area contributed by atoms with E-state index in [0.717, 1.165) is 64.6 Å². The summed E-state index contributed by atoms with van der Waals surface area (Å²) >= 11 is 0. The Kier molecular flexibility index (Phi) is 14.0. The van der Waals surface area contributed by atoms with Crippen LogP contribution in [0.5, 0.6) is 0 Å². The van der Waals surface area contributed by atoms with Crippen LogP contribution in [-0.2, 0) is 9.47 Å². The Bertz CT molecular complexity index is 353. The van der Waals surface area contributed by atoms with Gasteiger partial charge in [-0.3, -0.25) is 4.99 Å². The number of hydrogen-bond donors (Lipinski definition) is 2. The van der Waals surface area contributed by atoms with Crippen LogP contribution in [0.1, 0.15) is 59.8 Å². The smallest absolute Gasteiger partial charge is 0.191 e. The molecule has 0 aliphatic carbocycles. The summed E-state index contributed by atoms with van der Waals surface area (Å²) in [4.78, 5) is 4.30. The summed E-state index contributed by atoms with van der Waals surface area (Å²) in [7, 11) is 1.83. The van der Waals surface area contributed by atoms with Gasteiger partial charge in [-0.2, -0.15) is 0 Å². The molecular formula is C19H40IN3O2. The molecule has 1 aliphatic rings. The van der Waals surface area contributed by atoms with Gasteiger partial charge in [0, 0.05) is 46.1 Å². The second kappa shape index (κ2) is 14.0. The number of nitrogens with one attached hydrogen (secondary N) is 2. The number of guanidine groups is 1. The molecule has 25 heavy (non-hydrogen) atoms. The van der Waals surface area contributed by atoms with Crippen LogP contribution in [0, 0.1) is 11.3 Å². The van der Waals surface area contributed by atoms with Crippen LogP contribution in [0.2, 0.25) is 0 Å². The number of halogens is 1. The van der Waals surface area contributed by atoms with Crippen LogP contribution in [0.4, 0.5) is 0 Å². The highest BCUT2D eigenvalue weighted by molar-refractivity contribution is 14.0. The molecule has 1 heterocycles. The molecule has 1 fully saturated rings. The Morgan fingerprint density at radius 1 is 1.28 bits per heavy atom. The molecule has 0 aromatic heterocycles. The van der Waals surface area contributed by atoms with Gasteiger partial charge in [-0.25, -0.2) is 0 Å². The molecule has 1 aliphatic heterocycles. The van der Waals surface area contributed by atoms with E-state index in [4.69, 9.17) is 9.47 Å². The molecule has 150 valence electrons. The fraction of sp³-hybridized carbons (Fsp3) is 0.947. The topological polar surface area (TPSA) is 54.9 Å². The second-order valence-corrected chi connectivity index (χ2v) is 8.13. The van der Waals surface area contributed by atoms with Crippen LogP contribution in [0.25, 0.3) is 0 Å². The maximum atomic E-state index is 5.79. The Hall–Kier alpha value is -0.0800. The molecule has 0 radical (unpaired) electrons. The zero-order valence-electron chi connectivity index (χ0n) is 16.9. The lowest BCUT2D eigenvalue weighted by molar-refractivity contribution is 0.0203. The molecule has 0 saturated carbocycles. The Morgan fingerprint density at radius 2 is 1.96 bits per heavy atom. The van der Waals surface area contributed by atoms with E-state index in [0.29, 0.717) is 17.4 Å². The molecule has 1 unspecified atom stereocenters. The molecule has 1 rings (SSSR count). The summed E-state index contributed by atoms with van der Waals surface area (Å²) in [5, 5.41) is 6.84. The third kappa shape index (κ3) is 13.7. The second-order valence-electron chi connectivity index (χ2n) is 8.13. The van der Waals surface area contributed by atoms with Gasteiger partial charge >= 0.3 is 0 Å². The number of rotatable bonds is 9. The van der Waals surface area contributed by atoms with E-state index < -0.39 is 0 Å². The highest BCUT2D eigenvalue weighted by atomic mass is 127. The minimum absolute atomic E-state index is 0. The third-order valence-corrected chi connectivity index (χ3v) is 4.39. The molecule has 0 aromatic carbocycles. The average molecular weight is 469 g/mol. The summed E-state index contributed by atoms with van der Waals surface area (Å²) in [6.07, 6.45) is 5.64. The van der Waals surface area contributed by atoms with Gasteiger partial charge in [-0.1, -0.05) is 20.8 Å². The summed E-state index contributed by atoms with van der Waals surface area (Å²) in [6, 6.07) is 0.431. The Morgan fingerprint density at radius 3 is 2.56 bits per heavy atom. The lowest BCUT2D eigenvalue weighted by Gasteiger charge is -2.23. The van der Waals surface area contributed by atoms with Gasteiger partial charge in [-0.15, -0.1) is 24.0 Å². The first kappa shape index (κ1) is 24.9. The standard InChI is InChI=1S/C19H39N3O2.HI/c1-16(7-10-19(2,3)4)22-18(20-5)21-11-6-12-24-15-17-8-13-23-14-9-17;/h16-17H,6-15H2,1-5H3,(H2,20,21,22);1H. The number of aliphatic imine (C=N–C) groups is 1. The van der Waals surface area contributed by atoms with Crippen molar-refractivity contribution in [3.8, 4) is 0 Å². The largest absolute Gasteiger partial charge is 0.381 e. The van der Waals surface area contributed by atoms with Crippen LogP contribution in [0.15, 0.2) is 4.99 Å². The first-order valence-corrected chi connectivity index (χ1v) is 9.53. The van der Waals surface area contributed by atoms with Crippen molar-refractivity contribution in [1.82, 2.24) is 10.6 Å². The Labute approximate surface area is 172 Å². The van der Waals surface area contributed by atoms with Crippen LogP contribution in [0.3, 0.4) is 0 Å². The molecule has 6 heteroatoms. The highest BCUT2D eigenvalue weighted by Crippen LogP contribution is 2.21. The molecule has 5 nitrogen and oxygen atoms in total. The fourth-order valence-corrected chi connectivity index (χ4v) is 2.69. The summed E-state index contributed by atoms with van der Waals surface area (Å²) in [6.45, 7) is 13.4. The van der Waals surface area contributed by atoms with Crippen LogP contribution >= 0.6 is 24.0 Å². The van der Waals surface area contributed by atoms with Gasteiger partial charge in [0.15, 0.2) is 5.96 Å². The molecule has 1 saturated heterocycles. The highest BCUT2D eigenvalue weighted by Gasteiger charge is 2.14. The van der Waals surface area contributed by atoms with Gasteiger partial charge in [0.2, 0.25) is 0 Å². The van der Waals surface area contributed by atoms with Crippen molar-refractivity contribution < 1.29 is 9.47 Å². The van der Waals surface area contributed by atoms with Crippen molar-refractivity contribution >= 4 is 29.9 Å². The first-order valence-electron chi connectivity index (χ1n) is 9.53. The van der Waals surface area contributed by atoms with Crippen molar-refractivity contribution in [3.63, 3.8) is 0 Å². The summed E-state index contributed by atoms with van der Waals surface area (Å²) in [5.74, 6) is 1.57. The van der Waals surface area contributed by atoms with Crippen molar-refractivity contribution in [1.29, 1.82) is 0 Å². The number of hydrogen-bond acceptors (Lipinski definition) is 3. The molecule has 2 N–H and O–H groups in total. The summed E-state index contributed by atoms with van der Waals surface area (Å²) < 4.78 is 11.2. The lowest BCUT2D eigenvalue weighted by Crippen LogP contribution is -2.43. The van der Waals surface area contributed by atoms with Crippen LogP contribution in [-0.4, -0.2) is 52.0 Å². The van der Waals surface area contributed by atoms with E-state index in [1.807, 2.05) is 7.05 Å². The van der Waals surface area contributed by atoms with Gasteiger partial charge in [0.25, 0.3) is 0 Å². The number of ether oxygens (including phenoxy) is 2. The molecule has 1 atom stereocenters. The van der Waals surface area contributed by atoms with Gasteiger partial charge in [-0.05, 0) is 50.4 Å². The average Bonchev–Trinajstić information content (AvgIpc) is 2.55. The van der Waals surface area contributed by atoms with E-state index in [9.17, 15) is 0 Å². The quantitative estimate of drug-likeness (QED) is 0.233. The minimum atomic E-state index is 0. The maximum absolute atomic E-state index is 5.79.